The van der Waals surface area contributed by atoms with Crippen molar-refractivity contribution in [3.05, 3.63) is 59.4 Å². The normalized spacial score (nSPS) is 14.5. The fraction of sp³-hybridized carbons (Fsp3) is 0.235. The van der Waals surface area contributed by atoms with Crippen LogP contribution in [0.4, 0.5) is 19.3 Å². The third-order valence-electron chi connectivity index (χ3n) is 3.87. The van der Waals surface area contributed by atoms with Gasteiger partial charge in [0.1, 0.15) is 18.2 Å². The van der Waals surface area contributed by atoms with Crippen LogP contribution in [0.1, 0.15) is 24.2 Å². The van der Waals surface area contributed by atoms with Gasteiger partial charge in [0.15, 0.2) is 0 Å². The largest absolute Gasteiger partial charge is 0.346 e. The molecule has 8 heteroatoms. The molecule has 0 fully saturated rings. The maximum Gasteiger partial charge on any atom is 0.322 e. The number of halogens is 2. The number of aromatic nitrogens is 1. The fourth-order valence-corrected chi connectivity index (χ4v) is 2.66. The number of nitrogens with zero attached hydrogens (tertiary/aromatic N) is 2. The summed E-state index contributed by atoms with van der Waals surface area (Å²) < 4.78 is 27.0. The zero-order chi connectivity index (χ0) is 18.0. The van der Waals surface area contributed by atoms with Gasteiger partial charge in [-0.1, -0.05) is 0 Å². The van der Waals surface area contributed by atoms with E-state index in [1.807, 2.05) is 0 Å². The number of hydrogen-bond donors (Lipinski definition) is 2. The predicted molar refractivity (Wildman–Crippen MR) is 86.6 cm³/mol. The third kappa shape index (κ3) is 3.73. The first kappa shape index (κ1) is 16.8. The summed E-state index contributed by atoms with van der Waals surface area (Å²) in [5, 5.41) is 5.21. The van der Waals surface area contributed by atoms with Crippen molar-refractivity contribution in [3.63, 3.8) is 0 Å². The van der Waals surface area contributed by atoms with Crippen molar-refractivity contribution in [2.75, 3.05) is 11.9 Å². The molecule has 1 aromatic carbocycles. The van der Waals surface area contributed by atoms with Gasteiger partial charge in [0.2, 0.25) is 5.91 Å². The van der Waals surface area contributed by atoms with E-state index >= 15 is 0 Å². The molecule has 0 saturated heterocycles. The highest BCUT2D eigenvalue weighted by atomic mass is 19.1. The summed E-state index contributed by atoms with van der Waals surface area (Å²) in [6.07, 6.45) is 1.44. The molecule has 1 aromatic heterocycles. The minimum absolute atomic E-state index is 0.110. The Labute approximate surface area is 142 Å². The van der Waals surface area contributed by atoms with Crippen molar-refractivity contribution >= 4 is 17.6 Å². The third-order valence-corrected chi connectivity index (χ3v) is 3.87. The van der Waals surface area contributed by atoms with Crippen molar-refractivity contribution in [3.8, 4) is 0 Å². The van der Waals surface area contributed by atoms with Crippen molar-refractivity contribution in [2.45, 2.75) is 19.5 Å². The number of rotatable bonds is 4. The van der Waals surface area contributed by atoms with Gasteiger partial charge in [0, 0.05) is 11.9 Å². The number of amides is 3. The van der Waals surface area contributed by atoms with Crippen LogP contribution in [0.3, 0.4) is 0 Å². The van der Waals surface area contributed by atoms with Crippen LogP contribution in [0.15, 0.2) is 36.5 Å². The smallest absolute Gasteiger partial charge is 0.322 e. The molecule has 0 aliphatic carbocycles. The highest BCUT2D eigenvalue weighted by Gasteiger charge is 2.25. The fourth-order valence-electron chi connectivity index (χ4n) is 2.66. The molecule has 6 nitrogen and oxygen atoms in total. The molecule has 0 saturated carbocycles. The van der Waals surface area contributed by atoms with Gasteiger partial charge < -0.3 is 15.5 Å². The van der Waals surface area contributed by atoms with Gasteiger partial charge in [0.05, 0.1) is 18.3 Å². The lowest BCUT2D eigenvalue weighted by molar-refractivity contribution is -0.122. The van der Waals surface area contributed by atoms with Gasteiger partial charge in [-0.3, -0.25) is 9.78 Å². The number of nitrogens with one attached hydrogen (secondary N) is 2. The Kier molecular flexibility index (Phi) is 4.60. The summed E-state index contributed by atoms with van der Waals surface area (Å²) in [4.78, 5) is 29.4. The first-order valence-electron chi connectivity index (χ1n) is 7.68. The molecular weight excluding hydrogens is 330 g/mol. The molecule has 25 heavy (non-hydrogen) atoms. The number of hydrogen-bond acceptors (Lipinski definition) is 3. The summed E-state index contributed by atoms with van der Waals surface area (Å²) >= 11 is 0. The molecule has 2 N–H and O–H groups in total. The monoisotopic (exact) mass is 346 g/mol. The predicted octanol–water partition coefficient (Wildman–Crippen LogP) is 2.58. The van der Waals surface area contributed by atoms with Crippen molar-refractivity contribution < 1.29 is 18.4 Å². The number of carbonyl (C=O) groups excluding carboxylic acids is 2. The Morgan fingerprint density at radius 2 is 2.20 bits per heavy atom. The zero-order valence-electron chi connectivity index (χ0n) is 13.4. The topological polar surface area (TPSA) is 74.3 Å². The molecular formula is C17H16F2N4O2. The van der Waals surface area contributed by atoms with E-state index in [9.17, 15) is 18.4 Å². The summed E-state index contributed by atoms with van der Waals surface area (Å²) in [7, 11) is 0. The van der Waals surface area contributed by atoms with Crippen LogP contribution in [0.5, 0.6) is 0 Å². The van der Waals surface area contributed by atoms with Gasteiger partial charge in [-0.25, -0.2) is 13.6 Å². The molecule has 1 atom stereocenters. The minimum atomic E-state index is -0.647. The molecule has 1 aliphatic rings. The Morgan fingerprint density at radius 1 is 1.40 bits per heavy atom. The Hall–Kier alpha value is -3.03. The second-order valence-electron chi connectivity index (χ2n) is 5.75. The van der Waals surface area contributed by atoms with E-state index in [0.29, 0.717) is 11.3 Å². The summed E-state index contributed by atoms with van der Waals surface area (Å²) in [5.74, 6) is -1.40. The lowest BCUT2D eigenvalue weighted by atomic mass is 10.1. The van der Waals surface area contributed by atoms with Crippen LogP contribution in [0.25, 0.3) is 0 Å². The van der Waals surface area contributed by atoms with Crippen LogP contribution in [0, 0.1) is 11.6 Å². The Morgan fingerprint density at radius 3 is 2.96 bits per heavy atom. The van der Waals surface area contributed by atoms with Gasteiger partial charge in [-0.15, -0.1) is 0 Å². The lowest BCUT2D eigenvalue weighted by Gasteiger charge is -2.29. The van der Waals surface area contributed by atoms with E-state index in [4.69, 9.17) is 0 Å². The van der Waals surface area contributed by atoms with E-state index in [1.54, 1.807) is 6.92 Å². The molecule has 1 aliphatic heterocycles. The Bertz CT molecular complexity index is 828. The molecule has 2 aromatic rings. The zero-order valence-corrected chi connectivity index (χ0v) is 13.4. The summed E-state index contributed by atoms with van der Waals surface area (Å²) in [6, 6.07) is 5.66. The van der Waals surface area contributed by atoms with Gasteiger partial charge >= 0.3 is 6.03 Å². The minimum Gasteiger partial charge on any atom is -0.346 e. The van der Waals surface area contributed by atoms with E-state index in [0.717, 1.165) is 0 Å². The number of urea groups is 1. The highest BCUT2D eigenvalue weighted by molar-refractivity contribution is 5.94. The maximum atomic E-state index is 13.7. The summed E-state index contributed by atoms with van der Waals surface area (Å²) in [6.45, 7) is 1.48. The summed E-state index contributed by atoms with van der Waals surface area (Å²) in [5.41, 5.74) is 1.22. The van der Waals surface area contributed by atoms with Crippen LogP contribution >= 0.6 is 0 Å². The molecule has 130 valence electrons. The van der Waals surface area contributed by atoms with E-state index < -0.39 is 29.6 Å². The first-order chi connectivity index (χ1) is 11.9. The van der Waals surface area contributed by atoms with Crippen molar-refractivity contribution in [1.29, 1.82) is 0 Å². The second kappa shape index (κ2) is 6.84. The number of fused-ring (bicyclic) bond motifs is 1. The Balaban J connectivity index is 1.65. The average molecular weight is 346 g/mol. The van der Waals surface area contributed by atoms with Crippen LogP contribution in [-0.4, -0.2) is 28.4 Å². The molecule has 0 spiro atoms. The maximum absolute atomic E-state index is 13.7. The average Bonchev–Trinajstić information content (AvgIpc) is 2.56. The first-order valence-corrected chi connectivity index (χ1v) is 7.68. The second-order valence-corrected chi connectivity index (χ2v) is 5.75. The van der Waals surface area contributed by atoms with E-state index in [2.05, 4.69) is 15.6 Å². The molecule has 0 unspecified atom stereocenters. The van der Waals surface area contributed by atoms with E-state index in [1.165, 1.54) is 41.4 Å². The van der Waals surface area contributed by atoms with Gasteiger partial charge in [0.25, 0.3) is 0 Å². The number of benzene rings is 1. The highest BCUT2D eigenvalue weighted by Crippen LogP contribution is 2.24. The van der Waals surface area contributed by atoms with Gasteiger partial charge in [-0.2, -0.15) is 0 Å². The molecule has 3 amide bonds. The lowest BCUT2D eigenvalue weighted by Crippen LogP contribution is -2.45. The van der Waals surface area contributed by atoms with Gasteiger partial charge in [-0.05, 0) is 42.8 Å². The van der Waals surface area contributed by atoms with Crippen molar-refractivity contribution in [2.24, 2.45) is 0 Å². The molecule has 0 radical (unpaired) electrons. The standard InChI is InChI=1S/C17H16F2N4O2/c1-10(16-13(19)3-2-6-20-16)21-15(24)9-23-8-11-7-12(18)4-5-14(11)22-17(23)25/h2-7,10H,8-9H2,1H3,(H,21,24)(H,22,25)/t10-/m0/s1. The molecule has 0 bridgehead atoms. The van der Waals surface area contributed by atoms with Crippen molar-refractivity contribution in [1.82, 2.24) is 15.2 Å². The van der Waals surface area contributed by atoms with Crippen LogP contribution < -0.4 is 10.6 Å². The number of carbonyl (C=O) groups is 2. The SMILES string of the molecule is C[C@H](NC(=O)CN1Cc2cc(F)ccc2NC1=O)c1ncccc1F. The van der Waals surface area contributed by atoms with E-state index in [-0.39, 0.29) is 18.8 Å². The molecule has 3 rings (SSSR count). The quantitative estimate of drug-likeness (QED) is 0.894. The van der Waals surface area contributed by atoms with Crippen LogP contribution in [0.2, 0.25) is 0 Å². The number of anilines is 1. The number of pyridine rings is 1. The molecule has 2 heterocycles. The van der Waals surface area contributed by atoms with Crippen LogP contribution in [-0.2, 0) is 11.3 Å².